The van der Waals surface area contributed by atoms with Gasteiger partial charge in [-0.15, -0.1) is 0 Å². The molecule has 0 aliphatic heterocycles. The van der Waals surface area contributed by atoms with Crippen LogP contribution in [0.5, 0.6) is 0 Å². The Hall–Kier alpha value is -1.74. The first-order chi connectivity index (χ1) is 8.72. The van der Waals surface area contributed by atoms with Crippen molar-refractivity contribution in [1.29, 1.82) is 5.26 Å². The fourth-order valence-electron chi connectivity index (χ4n) is 1.34. The molecule has 18 heavy (non-hydrogen) atoms. The van der Waals surface area contributed by atoms with Crippen LogP contribution in [0.15, 0.2) is 16.8 Å². The Kier molecular flexibility index (Phi) is 4.05. The van der Waals surface area contributed by atoms with Crippen molar-refractivity contribution in [2.75, 3.05) is 0 Å². The summed E-state index contributed by atoms with van der Waals surface area (Å²) in [5.74, 6) is 1.85. The zero-order chi connectivity index (χ0) is 13.0. The largest absolute Gasteiger partial charge is 0.356 e. The van der Waals surface area contributed by atoms with E-state index in [4.69, 9.17) is 9.78 Å². The van der Waals surface area contributed by atoms with Crippen molar-refractivity contribution in [1.82, 2.24) is 15.1 Å². The average molecular weight is 262 g/mol. The first kappa shape index (κ1) is 12.7. The topological polar surface area (TPSA) is 78.5 Å². The number of hydrogen-bond donors (Lipinski definition) is 1. The molecule has 1 N–H and O–H groups in total. The van der Waals surface area contributed by atoms with Crippen LogP contribution in [0.1, 0.15) is 31.7 Å². The van der Waals surface area contributed by atoms with Crippen LogP contribution in [-0.4, -0.2) is 20.4 Å². The van der Waals surface area contributed by atoms with E-state index >= 15 is 0 Å². The minimum atomic E-state index is 0.427. The lowest BCUT2D eigenvalue weighted by Gasteiger charge is -2.04. The minimum absolute atomic E-state index is 0.427. The number of H-pyrrole nitrogens is 1. The maximum Gasteiger partial charge on any atom is 0.274 e. The van der Waals surface area contributed by atoms with Gasteiger partial charge in [-0.05, 0) is 12.5 Å². The van der Waals surface area contributed by atoms with Gasteiger partial charge in [0.15, 0.2) is 5.82 Å². The zero-order valence-electron chi connectivity index (χ0n) is 10.3. The molecule has 1 atom stereocenters. The molecular formula is C12H14N4OS. The zero-order valence-corrected chi connectivity index (χ0v) is 11.1. The highest BCUT2D eigenvalue weighted by molar-refractivity contribution is 7.99. The highest BCUT2D eigenvalue weighted by atomic mass is 32.2. The molecule has 1 unspecified atom stereocenters. The van der Waals surface area contributed by atoms with E-state index in [0.29, 0.717) is 28.2 Å². The van der Waals surface area contributed by atoms with E-state index in [-0.39, 0.29) is 0 Å². The molecule has 0 radical (unpaired) electrons. The SMILES string of the molecule is CCC(C)SCc1noc(-c2cc(C#N)c[nH]2)n1. The monoisotopic (exact) mass is 262 g/mol. The molecule has 0 aliphatic rings. The van der Waals surface area contributed by atoms with Crippen LogP contribution in [-0.2, 0) is 5.75 Å². The summed E-state index contributed by atoms with van der Waals surface area (Å²) < 4.78 is 5.16. The molecule has 0 fully saturated rings. The third-order valence-corrected chi connectivity index (χ3v) is 3.91. The first-order valence-electron chi connectivity index (χ1n) is 5.76. The van der Waals surface area contributed by atoms with E-state index in [0.717, 1.165) is 12.2 Å². The summed E-state index contributed by atoms with van der Waals surface area (Å²) in [6.07, 6.45) is 2.74. The van der Waals surface area contributed by atoms with Gasteiger partial charge in [0.2, 0.25) is 0 Å². The molecule has 0 bridgehead atoms. The maximum absolute atomic E-state index is 8.74. The van der Waals surface area contributed by atoms with Crippen LogP contribution >= 0.6 is 11.8 Å². The Morgan fingerprint density at radius 3 is 3.11 bits per heavy atom. The number of nitrogens with one attached hydrogen (secondary N) is 1. The summed E-state index contributed by atoms with van der Waals surface area (Å²) in [5.41, 5.74) is 1.23. The molecule has 2 heterocycles. The normalized spacial score (nSPS) is 12.3. The highest BCUT2D eigenvalue weighted by Crippen LogP contribution is 2.21. The van der Waals surface area contributed by atoms with Gasteiger partial charge in [-0.25, -0.2) is 0 Å². The predicted molar refractivity (Wildman–Crippen MR) is 69.8 cm³/mol. The molecule has 0 aromatic carbocycles. The minimum Gasteiger partial charge on any atom is -0.356 e. The van der Waals surface area contributed by atoms with E-state index < -0.39 is 0 Å². The third kappa shape index (κ3) is 2.93. The van der Waals surface area contributed by atoms with Crippen LogP contribution in [0.4, 0.5) is 0 Å². The van der Waals surface area contributed by atoms with Gasteiger partial charge in [0.25, 0.3) is 5.89 Å². The van der Waals surface area contributed by atoms with Crippen molar-refractivity contribution in [2.45, 2.75) is 31.3 Å². The number of aromatic nitrogens is 3. The van der Waals surface area contributed by atoms with Crippen molar-refractivity contribution in [3.05, 3.63) is 23.7 Å². The lowest BCUT2D eigenvalue weighted by atomic mass is 10.3. The van der Waals surface area contributed by atoms with Gasteiger partial charge >= 0.3 is 0 Å². The van der Waals surface area contributed by atoms with Gasteiger partial charge in [-0.1, -0.05) is 19.0 Å². The van der Waals surface area contributed by atoms with Crippen LogP contribution in [0.25, 0.3) is 11.6 Å². The third-order valence-electron chi connectivity index (χ3n) is 2.58. The Labute approximate surface area is 110 Å². The summed E-state index contributed by atoms with van der Waals surface area (Å²) in [7, 11) is 0. The van der Waals surface area contributed by atoms with Gasteiger partial charge in [0.05, 0.1) is 11.3 Å². The van der Waals surface area contributed by atoms with Crippen molar-refractivity contribution in [3.8, 4) is 17.7 Å². The quantitative estimate of drug-likeness (QED) is 0.896. The van der Waals surface area contributed by atoms with Gasteiger partial charge < -0.3 is 9.51 Å². The molecule has 0 saturated carbocycles. The number of thioether (sulfide) groups is 1. The second-order valence-corrected chi connectivity index (χ2v) is 5.39. The number of rotatable bonds is 5. The Morgan fingerprint density at radius 2 is 2.44 bits per heavy atom. The van der Waals surface area contributed by atoms with Crippen LogP contribution in [0.2, 0.25) is 0 Å². The van der Waals surface area contributed by atoms with E-state index in [2.05, 4.69) is 29.0 Å². The Bertz CT molecular complexity index is 554. The van der Waals surface area contributed by atoms with E-state index in [1.54, 1.807) is 24.0 Å². The lowest BCUT2D eigenvalue weighted by Crippen LogP contribution is -1.94. The molecule has 94 valence electrons. The molecule has 0 saturated heterocycles. The fourth-order valence-corrected chi connectivity index (χ4v) is 2.13. The van der Waals surface area contributed by atoms with Crippen LogP contribution < -0.4 is 0 Å². The molecule has 5 nitrogen and oxygen atoms in total. The average Bonchev–Trinajstić information content (AvgIpc) is 3.03. The molecule has 0 aliphatic carbocycles. The standard InChI is InChI=1S/C12H14N4OS/c1-3-8(2)18-7-11-15-12(17-16-11)10-4-9(5-13)6-14-10/h4,6,8,14H,3,7H2,1-2H3. The smallest absolute Gasteiger partial charge is 0.274 e. The Morgan fingerprint density at radius 1 is 1.61 bits per heavy atom. The van der Waals surface area contributed by atoms with E-state index in [1.165, 1.54) is 0 Å². The molecule has 0 spiro atoms. The second-order valence-electron chi connectivity index (χ2n) is 3.96. The van der Waals surface area contributed by atoms with Crippen LogP contribution in [0.3, 0.4) is 0 Å². The van der Waals surface area contributed by atoms with Crippen LogP contribution in [0, 0.1) is 11.3 Å². The number of hydrogen-bond acceptors (Lipinski definition) is 5. The van der Waals surface area contributed by atoms with Gasteiger partial charge in [-0.3, -0.25) is 0 Å². The van der Waals surface area contributed by atoms with Crippen molar-refractivity contribution in [3.63, 3.8) is 0 Å². The van der Waals surface area contributed by atoms with Crippen molar-refractivity contribution in [2.24, 2.45) is 0 Å². The maximum atomic E-state index is 8.74. The summed E-state index contributed by atoms with van der Waals surface area (Å²) in [6, 6.07) is 3.74. The molecular weight excluding hydrogens is 248 g/mol. The number of nitriles is 1. The summed E-state index contributed by atoms with van der Waals surface area (Å²) in [4.78, 5) is 7.23. The van der Waals surface area contributed by atoms with E-state index in [9.17, 15) is 0 Å². The van der Waals surface area contributed by atoms with Gasteiger partial charge in [0, 0.05) is 11.4 Å². The molecule has 2 aromatic rings. The summed E-state index contributed by atoms with van der Waals surface area (Å²) in [6.45, 7) is 4.33. The summed E-state index contributed by atoms with van der Waals surface area (Å²) >= 11 is 1.80. The summed E-state index contributed by atoms with van der Waals surface area (Å²) in [5, 5.41) is 13.2. The van der Waals surface area contributed by atoms with Gasteiger partial charge in [0.1, 0.15) is 11.8 Å². The fraction of sp³-hybridized carbons (Fsp3) is 0.417. The second kappa shape index (κ2) is 5.74. The molecule has 6 heteroatoms. The number of aromatic amines is 1. The van der Waals surface area contributed by atoms with Gasteiger partial charge in [-0.2, -0.15) is 22.0 Å². The predicted octanol–water partition coefficient (Wildman–Crippen LogP) is 2.97. The molecule has 2 aromatic heterocycles. The van der Waals surface area contributed by atoms with Crippen molar-refractivity contribution < 1.29 is 4.52 Å². The number of nitrogens with zero attached hydrogens (tertiary/aromatic N) is 3. The van der Waals surface area contributed by atoms with E-state index in [1.807, 2.05) is 6.07 Å². The van der Waals surface area contributed by atoms with Crippen molar-refractivity contribution >= 4 is 11.8 Å². The molecule has 0 amide bonds. The Balaban J connectivity index is 2.04. The highest BCUT2D eigenvalue weighted by Gasteiger charge is 2.11. The first-order valence-corrected chi connectivity index (χ1v) is 6.81. The lowest BCUT2D eigenvalue weighted by molar-refractivity contribution is 0.424. The molecule has 2 rings (SSSR count).